The molecule has 0 bridgehead atoms. The molecule has 0 saturated carbocycles. The fraction of sp³-hybridized carbons (Fsp3) is 0.647. The van der Waals surface area contributed by atoms with Crippen LogP contribution in [-0.2, 0) is 28.8 Å². The average molecular weight is 444 g/mol. The van der Waals surface area contributed by atoms with Crippen LogP contribution in [0.15, 0.2) is 0 Å². The Morgan fingerprint density at radius 2 is 1.58 bits per heavy atom. The molecule has 1 aliphatic rings. The summed E-state index contributed by atoms with van der Waals surface area (Å²) in [5.74, 6) is -6.01. The highest BCUT2D eigenvalue weighted by Crippen LogP contribution is 2.19. The highest BCUT2D eigenvalue weighted by molar-refractivity contribution is 5.97. The summed E-state index contributed by atoms with van der Waals surface area (Å²) < 4.78 is 0. The van der Waals surface area contributed by atoms with Gasteiger partial charge in [-0.2, -0.15) is 0 Å². The van der Waals surface area contributed by atoms with Crippen LogP contribution >= 0.6 is 0 Å². The summed E-state index contributed by atoms with van der Waals surface area (Å²) in [6.07, 6.45) is -1.81. The van der Waals surface area contributed by atoms with Gasteiger partial charge in [0.05, 0.1) is 18.9 Å². The number of carboxylic acids is 1. The number of carboxylic acid groups (broad SMARTS) is 1. The number of aliphatic hydroxyl groups excluding tert-OH is 1. The molecule has 14 heteroatoms. The number of primary amides is 2. The quantitative estimate of drug-likeness (QED) is 0.162. The smallest absolute Gasteiger partial charge is 0.326 e. The number of nitrogens with one attached hydrogen (secondary N) is 2. The number of carbonyl (C=O) groups is 6. The number of hydrogen-bond donors (Lipinski definition) is 7. The molecule has 0 aromatic rings. The molecule has 0 spiro atoms. The maximum absolute atomic E-state index is 12.7. The van der Waals surface area contributed by atoms with Gasteiger partial charge in [-0.15, -0.1) is 0 Å². The minimum Gasteiger partial charge on any atom is -0.480 e. The summed E-state index contributed by atoms with van der Waals surface area (Å²) in [7, 11) is 0. The Bertz CT molecular complexity index is 742. The number of amides is 5. The number of rotatable bonds is 11. The SMILES string of the molecule is CC(O)C(N)C(=O)N1CCCC1C(=O)NC(CC(N)=O)C(=O)NC(CC(N)=O)C(=O)O. The second-order valence-corrected chi connectivity index (χ2v) is 7.26. The van der Waals surface area contributed by atoms with E-state index in [0.717, 1.165) is 0 Å². The molecule has 31 heavy (non-hydrogen) atoms. The lowest BCUT2D eigenvalue weighted by Gasteiger charge is -2.29. The third kappa shape index (κ3) is 7.49. The lowest BCUT2D eigenvalue weighted by molar-refractivity contribution is -0.144. The van der Waals surface area contributed by atoms with E-state index in [0.29, 0.717) is 6.42 Å². The van der Waals surface area contributed by atoms with E-state index in [-0.39, 0.29) is 13.0 Å². The zero-order valence-corrected chi connectivity index (χ0v) is 16.9. The van der Waals surface area contributed by atoms with E-state index >= 15 is 0 Å². The first kappa shape index (κ1) is 25.8. The molecule has 1 rings (SSSR count). The predicted molar refractivity (Wildman–Crippen MR) is 104 cm³/mol. The Kier molecular flexibility index (Phi) is 9.33. The Labute approximate surface area is 177 Å². The molecule has 1 saturated heterocycles. The summed E-state index contributed by atoms with van der Waals surface area (Å²) in [6, 6.07) is -5.49. The van der Waals surface area contributed by atoms with Gasteiger partial charge < -0.3 is 42.9 Å². The van der Waals surface area contributed by atoms with Crippen molar-refractivity contribution in [3.8, 4) is 0 Å². The van der Waals surface area contributed by atoms with E-state index < -0.39 is 78.6 Å². The van der Waals surface area contributed by atoms with Gasteiger partial charge in [-0.05, 0) is 19.8 Å². The van der Waals surface area contributed by atoms with Crippen LogP contribution in [-0.4, -0.2) is 87.4 Å². The zero-order chi connectivity index (χ0) is 23.9. The van der Waals surface area contributed by atoms with Crippen LogP contribution in [0.25, 0.3) is 0 Å². The number of nitrogens with zero attached hydrogens (tertiary/aromatic N) is 1. The van der Waals surface area contributed by atoms with E-state index in [4.69, 9.17) is 22.3 Å². The Hall–Kier alpha value is -3.26. The summed E-state index contributed by atoms with van der Waals surface area (Å²) in [5, 5.41) is 22.9. The standard InChI is InChI=1S/C17H28N6O8/c1-7(24)13(20)16(29)23-4-2-3-10(23)15(28)21-8(5-11(18)25)14(27)22-9(17(30)31)6-12(19)26/h7-10,13,24H,2-6,20H2,1H3,(H2,18,25)(H2,19,26)(H,21,28)(H,22,27)(H,30,31). The van der Waals surface area contributed by atoms with E-state index in [2.05, 4.69) is 5.32 Å². The topological polar surface area (TPSA) is 248 Å². The maximum Gasteiger partial charge on any atom is 0.326 e. The molecule has 174 valence electrons. The lowest BCUT2D eigenvalue weighted by atomic mass is 10.1. The minimum atomic E-state index is -1.68. The molecule has 1 aliphatic heterocycles. The fourth-order valence-electron chi connectivity index (χ4n) is 3.05. The van der Waals surface area contributed by atoms with Crippen molar-refractivity contribution in [2.45, 2.75) is 62.9 Å². The van der Waals surface area contributed by atoms with Gasteiger partial charge in [-0.25, -0.2) is 4.79 Å². The van der Waals surface area contributed by atoms with Crippen molar-refractivity contribution in [2.75, 3.05) is 6.54 Å². The molecular weight excluding hydrogens is 416 g/mol. The number of nitrogens with two attached hydrogens (primary N) is 3. The van der Waals surface area contributed by atoms with Crippen LogP contribution < -0.4 is 27.8 Å². The third-order valence-electron chi connectivity index (χ3n) is 4.70. The predicted octanol–water partition coefficient (Wildman–Crippen LogP) is -4.51. The van der Waals surface area contributed by atoms with Gasteiger partial charge in [-0.1, -0.05) is 0 Å². The highest BCUT2D eigenvalue weighted by Gasteiger charge is 2.39. The van der Waals surface area contributed by atoms with Crippen molar-refractivity contribution in [1.29, 1.82) is 0 Å². The first-order valence-electron chi connectivity index (χ1n) is 9.49. The van der Waals surface area contributed by atoms with Crippen LogP contribution in [0.4, 0.5) is 0 Å². The molecular formula is C17H28N6O8. The molecule has 0 aromatic heterocycles. The monoisotopic (exact) mass is 444 g/mol. The van der Waals surface area contributed by atoms with Crippen molar-refractivity contribution >= 4 is 35.5 Å². The first-order chi connectivity index (χ1) is 14.3. The van der Waals surface area contributed by atoms with Crippen molar-refractivity contribution in [1.82, 2.24) is 15.5 Å². The number of carbonyl (C=O) groups excluding carboxylic acids is 5. The summed E-state index contributed by atoms with van der Waals surface area (Å²) in [6.45, 7) is 1.52. The van der Waals surface area contributed by atoms with Crippen molar-refractivity contribution < 1.29 is 39.0 Å². The largest absolute Gasteiger partial charge is 0.480 e. The molecule has 1 fully saturated rings. The molecule has 0 radical (unpaired) electrons. The van der Waals surface area contributed by atoms with Gasteiger partial charge in [-0.3, -0.25) is 24.0 Å². The van der Waals surface area contributed by atoms with Crippen LogP contribution in [0.2, 0.25) is 0 Å². The highest BCUT2D eigenvalue weighted by atomic mass is 16.4. The van der Waals surface area contributed by atoms with Crippen LogP contribution in [0.1, 0.15) is 32.6 Å². The maximum atomic E-state index is 12.7. The Balaban J connectivity index is 2.95. The molecule has 5 amide bonds. The first-order valence-corrected chi connectivity index (χ1v) is 9.49. The third-order valence-corrected chi connectivity index (χ3v) is 4.70. The number of aliphatic carboxylic acids is 1. The van der Waals surface area contributed by atoms with E-state index in [1.807, 2.05) is 5.32 Å². The summed E-state index contributed by atoms with van der Waals surface area (Å²) in [4.78, 5) is 72.3. The van der Waals surface area contributed by atoms with Gasteiger partial charge in [0.1, 0.15) is 24.2 Å². The molecule has 0 aliphatic carbocycles. The van der Waals surface area contributed by atoms with E-state index in [1.54, 1.807) is 0 Å². The van der Waals surface area contributed by atoms with E-state index in [1.165, 1.54) is 11.8 Å². The van der Waals surface area contributed by atoms with Crippen molar-refractivity contribution in [3.05, 3.63) is 0 Å². The van der Waals surface area contributed by atoms with Gasteiger partial charge in [0.2, 0.25) is 29.5 Å². The fourth-order valence-corrected chi connectivity index (χ4v) is 3.05. The Morgan fingerprint density at radius 1 is 1.03 bits per heavy atom. The normalized spacial score (nSPS) is 19.6. The molecule has 14 nitrogen and oxygen atoms in total. The number of aliphatic hydroxyl groups is 1. The molecule has 0 aromatic carbocycles. The van der Waals surface area contributed by atoms with Gasteiger partial charge in [0, 0.05) is 6.54 Å². The number of hydrogen-bond acceptors (Lipinski definition) is 8. The Morgan fingerprint density at radius 3 is 2.06 bits per heavy atom. The molecule has 5 atom stereocenters. The second-order valence-electron chi connectivity index (χ2n) is 7.26. The van der Waals surface area contributed by atoms with Crippen molar-refractivity contribution in [2.24, 2.45) is 17.2 Å². The second kappa shape index (κ2) is 11.2. The van der Waals surface area contributed by atoms with Crippen LogP contribution in [0, 0.1) is 0 Å². The van der Waals surface area contributed by atoms with Crippen LogP contribution in [0.5, 0.6) is 0 Å². The van der Waals surface area contributed by atoms with E-state index in [9.17, 15) is 33.9 Å². The molecule has 10 N–H and O–H groups in total. The van der Waals surface area contributed by atoms with Gasteiger partial charge >= 0.3 is 5.97 Å². The number of likely N-dealkylation sites (tertiary alicyclic amines) is 1. The van der Waals surface area contributed by atoms with Crippen LogP contribution in [0.3, 0.4) is 0 Å². The molecule has 1 heterocycles. The summed E-state index contributed by atoms with van der Waals surface area (Å²) >= 11 is 0. The summed E-state index contributed by atoms with van der Waals surface area (Å²) in [5.41, 5.74) is 15.7. The van der Waals surface area contributed by atoms with Gasteiger partial charge in [0.25, 0.3) is 0 Å². The average Bonchev–Trinajstić information content (AvgIpc) is 3.14. The lowest BCUT2D eigenvalue weighted by Crippen LogP contribution is -2.58. The minimum absolute atomic E-state index is 0.198. The molecule has 5 unspecified atom stereocenters. The zero-order valence-electron chi connectivity index (χ0n) is 16.9. The van der Waals surface area contributed by atoms with Gasteiger partial charge in [0.15, 0.2) is 0 Å². The van der Waals surface area contributed by atoms with Crippen molar-refractivity contribution in [3.63, 3.8) is 0 Å².